The summed E-state index contributed by atoms with van der Waals surface area (Å²) in [6.45, 7) is 0. The van der Waals surface area contributed by atoms with Gasteiger partial charge in [-0.3, -0.25) is 4.79 Å². The van der Waals surface area contributed by atoms with Gasteiger partial charge in [-0.25, -0.2) is 4.79 Å². The van der Waals surface area contributed by atoms with Crippen molar-refractivity contribution in [2.45, 2.75) is 6.42 Å². The summed E-state index contributed by atoms with van der Waals surface area (Å²) < 4.78 is 9.64. The molecule has 1 aromatic heterocycles. The van der Waals surface area contributed by atoms with Gasteiger partial charge in [-0.2, -0.15) is 4.73 Å². The Morgan fingerprint density at radius 2 is 1.62 bits per heavy atom. The second-order valence-electron chi connectivity index (χ2n) is 4.12. The number of ether oxygens (including phenoxy) is 2. The predicted molar refractivity (Wildman–Crippen MR) is 68.9 cm³/mol. The number of nitrogens with zero attached hydrogens (tertiary/aromatic N) is 2. The van der Waals surface area contributed by atoms with Crippen LogP contribution in [0.3, 0.4) is 0 Å². The smallest absolute Gasteiger partial charge is 0.411 e. The highest BCUT2D eigenvalue weighted by molar-refractivity contribution is 5.89. The van der Waals surface area contributed by atoms with Gasteiger partial charge < -0.3 is 19.9 Å². The Morgan fingerprint density at radius 3 is 2.14 bits per heavy atom. The van der Waals surface area contributed by atoms with Crippen LogP contribution in [0.2, 0.25) is 0 Å². The van der Waals surface area contributed by atoms with Gasteiger partial charge in [0.15, 0.2) is 0 Å². The number of hydrogen-bond acceptors (Lipinski definition) is 6. The molecule has 0 N–H and O–H groups in total. The van der Waals surface area contributed by atoms with E-state index in [-0.39, 0.29) is 21.5 Å². The summed E-state index contributed by atoms with van der Waals surface area (Å²) >= 11 is 0. The summed E-state index contributed by atoms with van der Waals surface area (Å²) in [4.78, 5) is 23.2. The van der Waals surface area contributed by atoms with Crippen LogP contribution in [-0.2, 0) is 20.7 Å². The van der Waals surface area contributed by atoms with Gasteiger partial charge in [0.1, 0.15) is 6.42 Å². The Kier molecular flexibility index (Phi) is 3.88. The van der Waals surface area contributed by atoms with Crippen molar-refractivity contribution in [2.75, 3.05) is 14.2 Å². The molecular weight excluding hydrogens is 280 g/mol. The highest BCUT2D eigenvalue weighted by Gasteiger charge is 2.35. The molecule has 0 saturated heterocycles. The first kappa shape index (κ1) is 14.5. The average Bonchev–Trinajstić information content (AvgIpc) is 2.51. The summed E-state index contributed by atoms with van der Waals surface area (Å²) in [5, 5.41) is 24.6. The van der Waals surface area contributed by atoms with E-state index < -0.39 is 24.1 Å². The van der Waals surface area contributed by atoms with E-state index in [1.807, 2.05) is 0 Å². The van der Waals surface area contributed by atoms with Crippen LogP contribution in [0, 0.1) is 10.4 Å². The molecule has 0 bridgehead atoms. The fraction of sp³-hybridized carbons (Fsp3) is 0.231. The van der Waals surface area contributed by atoms with Crippen LogP contribution in [0.15, 0.2) is 24.3 Å². The number of aromatic nitrogens is 2. The number of carbonyl (C=O) groups excluding carboxylic acids is 2. The maximum absolute atomic E-state index is 12.3. The molecule has 0 spiro atoms. The standard InChI is InChI=1S/C13H12N2O6/c1-20-11(16)7-10-12(13(17)21-2)15(19)9-6-4-3-5-8(9)14(10)18/h3-6H,7H2,1-2H3. The van der Waals surface area contributed by atoms with Gasteiger partial charge in [-0.1, -0.05) is 12.1 Å². The summed E-state index contributed by atoms with van der Waals surface area (Å²) in [6.07, 6.45) is -0.516. The molecule has 2 aromatic rings. The quantitative estimate of drug-likeness (QED) is 0.433. The van der Waals surface area contributed by atoms with Crippen LogP contribution in [0.1, 0.15) is 16.2 Å². The number of rotatable bonds is 3. The van der Waals surface area contributed by atoms with Gasteiger partial charge >= 0.3 is 17.6 Å². The zero-order chi connectivity index (χ0) is 15.6. The van der Waals surface area contributed by atoms with Gasteiger partial charge in [-0.15, -0.1) is 4.73 Å². The van der Waals surface area contributed by atoms with Crippen LogP contribution in [0.5, 0.6) is 0 Å². The van der Waals surface area contributed by atoms with E-state index in [2.05, 4.69) is 9.47 Å². The molecule has 2 rings (SSSR count). The Bertz CT molecular complexity index is 728. The lowest BCUT2D eigenvalue weighted by Crippen LogP contribution is -2.48. The predicted octanol–water partition coefficient (Wildman–Crippen LogP) is -0.391. The van der Waals surface area contributed by atoms with Crippen LogP contribution in [-0.4, -0.2) is 26.2 Å². The summed E-state index contributed by atoms with van der Waals surface area (Å²) in [6, 6.07) is 5.93. The molecule has 0 amide bonds. The Hall–Kier alpha value is -2.90. The van der Waals surface area contributed by atoms with Crippen molar-refractivity contribution in [1.82, 2.24) is 0 Å². The van der Waals surface area contributed by atoms with Crippen LogP contribution >= 0.6 is 0 Å². The van der Waals surface area contributed by atoms with Crippen LogP contribution in [0.25, 0.3) is 11.0 Å². The molecule has 0 aliphatic rings. The van der Waals surface area contributed by atoms with Crippen LogP contribution < -0.4 is 9.46 Å². The number of fused-ring (bicyclic) bond motifs is 1. The maximum atomic E-state index is 12.3. The second kappa shape index (κ2) is 5.61. The van der Waals surface area contributed by atoms with E-state index in [9.17, 15) is 20.0 Å². The molecule has 0 fully saturated rings. The zero-order valence-corrected chi connectivity index (χ0v) is 11.4. The lowest BCUT2D eigenvalue weighted by Gasteiger charge is -2.11. The maximum Gasteiger partial charge on any atom is 0.411 e. The Labute approximate surface area is 119 Å². The third kappa shape index (κ3) is 2.42. The van der Waals surface area contributed by atoms with Crippen molar-refractivity contribution >= 4 is 23.0 Å². The van der Waals surface area contributed by atoms with E-state index in [1.165, 1.54) is 12.1 Å². The summed E-state index contributed by atoms with van der Waals surface area (Å²) in [5.74, 6) is -1.75. The van der Waals surface area contributed by atoms with Crippen molar-refractivity contribution < 1.29 is 28.5 Å². The molecule has 0 radical (unpaired) electrons. The first-order valence-electron chi connectivity index (χ1n) is 5.93. The Morgan fingerprint density at radius 1 is 1.05 bits per heavy atom. The molecule has 0 saturated carbocycles. The number of esters is 2. The monoisotopic (exact) mass is 292 g/mol. The minimum absolute atomic E-state index is 0.00140. The molecule has 8 heteroatoms. The molecule has 0 atom stereocenters. The van der Waals surface area contributed by atoms with E-state index in [0.29, 0.717) is 4.73 Å². The molecule has 110 valence electrons. The van der Waals surface area contributed by atoms with E-state index in [4.69, 9.17) is 0 Å². The topological polar surface area (TPSA) is 106 Å². The minimum atomic E-state index is -1.00. The molecule has 1 heterocycles. The average molecular weight is 292 g/mol. The molecule has 0 aliphatic carbocycles. The third-order valence-corrected chi connectivity index (χ3v) is 2.96. The number of hydrogen-bond donors (Lipinski definition) is 0. The highest BCUT2D eigenvalue weighted by atomic mass is 16.5. The molecule has 0 aliphatic heterocycles. The molecule has 21 heavy (non-hydrogen) atoms. The summed E-state index contributed by atoms with van der Waals surface area (Å²) in [7, 11) is 2.22. The Balaban J connectivity index is 2.81. The number of methoxy groups -OCH3 is 2. The second-order valence-corrected chi connectivity index (χ2v) is 4.12. The van der Waals surface area contributed by atoms with Crippen molar-refractivity contribution in [3.63, 3.8) is 0 Å². The van der Waals surface area contributed by atoms with Gasteiger partial charge in [-0.05, 0) is 0 Å². The third-order valence-electron chi connectivity index (χ3n) is 2.96. The van der Waals surface area contributed by atoms with E-state index in [1.54, 1.807) is 12.1 Å². The normalized spacial score (nSPS) is 10.4. The van der Waals surface area contributed by atoms with Gasteiger partial charge in [0.05, 0.1) is 14.2 Å². The number of benzene rings is 1. The number of para-hydroxylation sites is 2. The van der Waals surface area contributed by atoms with Gasteiger partial charge in [0.2, 0.25) is 0 Å². The molecule has 1 aromatic carbocycles. The molecule has 0 unspecified atom stereocenters. The van der Waals surface area contributed by atoms with Crippen molar-refractivity contribution in [1.29, 1.82) is 0 Å². The molecular formula is C13H12N2O6. The van der Waals surface area contributed by atoms with Crippen molar-refractivity contribution in [3.05, 3.63) is 46.1 Å². The minimum Gasteiger partial charge on any atom is -0.618 e. The highest BCUT2D eigenvalue weighted by Crippen LogP contribution is 2.11. The van der Waals surface area contributed by atoms with E-state index >= 15 is 0 Å². The van der Waals surface area contributed by atoms with Crippen molar-refractivity contribution in [2.24, 2.45) is 0 Å². The lowest BCUT2D eigenvalue weighted by molar-refractivity contribution is -0.636. The van der Waals surface area contributed by atoms with E-state index in [0.717, 1.165) is 14.2 Å². The van der Waals surface area contributed by atoms with Crippen molar-refractivity contribution in [3.8, 4) is 0 Å². The van der Waals surface area contributed by atoms with Gasteiger partial charge in [0.25, 0.3) is 16.7 Å². The first-order valence-corrected chi connectivity index (χ1v) is 5.93. The fourth-order valence-electron chi connectivity index (χ4n) is 1.95. The SMILES string of the molecule is COC(=O)Cc1c(C(=O)OC)[n+]([O-])c2ccccc2[n+]1[O-]. The van der Waals surface area contributed by atoms with Crippen LogP contribution in [0.4, 0.5) is 0 Å². The number of carbonyl (C=O) groups is 2. The summed E-state index contributed by atoms with van der Waals surface area (Å²) in [5.41, 5.74) is -0.806. The first-order chi connectivity index (χ1) is 10.0. The molecule has 8 nitrogen and oxygen atoms in total. The fourth-order valence-corrected chi connectivity index (χ4v) is 1.95. The zero-order valence-electron chi connectivity index (χ0n) is 11.4. The lowest BCUT2D eigenvalue weighted by atomic mass is 10.2. The largest absolute Gasteiger partial charge is 0.618 e. The van der Waals surface area contributed by atoms with Gasteiger partial charge in [0, 0.05) is 12.1 Å².